The Hall–Kier alpha value is -0.340. The molecule has 0 spiro atoms. The van der Waals surface area contributed by atoms with Gasteiger partial charge in [0.2, 0.25) is 0 Å². The van der Waals surface area contributed by atoms with E-state index in [1.54, 1.807) is 6.92 Å². The number of rotatable bonds is 3. The van der Waals surface area contributed by atoms with Crippen LogP contribution in [0.4, 0.5) is 0 Å². The van der Waals surface area contributed by atoms with Crippen molar-refractivity contribution in [2.45, 2.75) is 24.8 Å². The van der Waals surface area contributed by atoms with Crippen LogP contribution in [0.3, 0.4) is 0 Å². The van der Waals surface area contributed by atoms with Gasteiger partial charge in [-0.15, -0.1) is 0 Å². The smallest absolute Gasteiger partial charge is 0.0552 e. The highest BCUT2D eigenvalue weighted by Crippen LogP contribution is 2.09. The maximum atomic E-state index is 9.12. The lowest BCUT2D eigenvalue weighted by molar-refractivity contribution is 0.195. The van der Waals surface area contributed by atoms with Crippen molar-refractivity contribution < 1.29 is 5.11 Å². The van der Waals surface area contributed by atoms with Gasteiger partial charge in [-0.1, -0.05) is 40.2 Å². The van der Waals surface area contributed by atoms with Crippen LogP contribution in [0.5, 0.6) is 0 Å². The van der Waals surface area contributed by atoms with Gasteiger partial charge in [-0.05, 0) is 24.5 Å². The van der Waals surface area contributed by atoms with E-state index >= 15 is 0 Å². The highest BCUT2D eigenvalue weighted by atomic mass is 79.9. The van der Waals surface area contributed by atoms with E-state index < -0.39 is 0 Å². The zero-order valence-electron chi connectivity index (χ0n) is 7.13. The first-order valence-corrected chi connectivity index (χ1v) is 5.16. The second-order valence-corrected chi connectivity index (χ2v) is 3.56. The van der Waals surface area contributed by atoms with Gasteiger partial charge >= 0.3 is 0 Å². The van der Waals surface area contributed by atoms with Crippen LogP contribution in [-0.2, 0) is 11.8 Å². The first kappa shape index (κ1) is 9.75. The van der Waals surface area contributed by atoms with Crippen LogP contribution in [-0.4, -0.2) is 11.2 Å². The van der Waals surface area contributed by atoms with Gasteiger partial charge in [0.15, 0.2) is 0 Å². The fourth-order valence-corrected chi connectivity index (χ4v) is 1.48. The number of halogens is 1. The molecule has 0 radical (unpaired) electrons. The summed E-state index contributed by atoms with van der Waals surface area (Å²) in [7, 11) is 0. The third-order valence-electron chi connectivity index (χ3n) is 1.71. The lowest BCUT2D eigenvalue weighted by Crippen LogP contribution is -2.03. The van der Waals surface area contributed by atoms with E-state index in [1.165, 1.54) is 11.1 Å². The van der Waals surface area contributed by atoms with Crippen molar-refractivity contribution in [3.63, 3.8) is 0 Å². The SMILES string of the molecule is CC(O)Cc1ccc(CBr)cc1. The quantitative estimate of drug-likeness (QED) is 0.789. The van der Waals surface area contributed by atoms with Gasteiger partial charge in [0.1, 0.15) is 0 Å². The molecule has 1 rings (SSSR count). The highest BCUT2D eigenvalue weighted by Gasteiger charge is 1.98. The average molecular weight is 229 g/mol. The second kappa shape index (κ2) is 4.63. The summed E-state index contributed by atoms with van der Waals surface area (Å²) < 4.78 is 0. The number of hydrogen-bond donors (Lipinski definition) is 1. The van der Waals surface area contributed by atoms with Crippen molar-refractivity contribution in [1.82, 2.24) is 0 Å². The molecule has 0 amide bonds. The van der Waals surface area contributed by atoms with Gasteiger partial charge in [0.05, 0.1) is 6.10 Å². The molecule has 1 aromatic rings. The van der Waals surface area contributed by atoms with Gasteiger partial charge in [0, 0.05) is 5.33 Å². The van der Waals surface area contributed by atoms with E-state index in [4.69, 9.17) is 5.11 Å². The second-order valence-electron chi connectivity index (χ2n) is 3.00. The molecule has 1 atom stereocenters. The molecule has 0 saturated carbocycles. The van der Waals surface area contributed by atoms with E-state index in [2.05, 4.69) is 40.2 Å². The lowest BCUT2D eigenvalue weighted by atomic mass is 10.1. The summed E-state index contributed by atoms with van der Waals surface area (Å²) in [6, 6.07) is 8.27. The Balaban J connectivity index is 2.65. The van der Waals surface area contributed by atoms with Crippen LogP contribution >= 0.6 is 15.9 Å². The number of alkyl halides is 1. The number of aliphatic hydroxyl groups excluding tert-OH is 1. The predicted octanol–water partition coefficient (Wildman–Crippen LogP) is 2.50. The van der Waals surface area contributed by atoms with Crippen LogP contribution < -0.4 is 0 Å². The Morgan fingerprint density at radius 2 is 1.75 bits per heavy atom. The number of benzene rings is 1. The molecule has 1 unspecified atom stereocenters. The normalized spacial score (nSPS) is 12.9. The Kier molecular flexibility index (Phi) is 3.76. The van der Waals surface area contributed by atoms with Crippen LogP contribution in [0.25, 0.3) is 0 Å². The topological polar surface area (TPSA) is 20.2 Å². The summed E-state index contributed by atoms with van der Waals surface area (Å²) >= 11 is 3.38. The Morgan fingerprint density at radius 1 is 1.25 bits per heavy atom. The van der Waals surface area contributed by atoms with Gasteiger partial charge < -0.3 is 5.11 Å². The lowest BCUT2D eigenvalue weighted by Gasteiger charge is -2.04. The maximum absolute atomic E-state index is 9.12. The molecule has 0 aliphatic rings. The van der Waals surface area contributed by atoms with Gasteiger partial charge in [-0.25, -0.2) is 0 Å². The van der Waals surface area contributed by atoms with Gasteiger partial charge in [-0.2, -0.15) is 0 Å². The fourth-order valence-electron chi connectivity index (χ4n) is 1.11. The predicted molar refractivity (Wildman–Crippen MR) is 54.5 cm³/mol. The van der Waals surface area contributed by atoms with Crippen molar-refractivity contribution in [1.29, 1.82) is 0 Å². The Morgan fingerprint density at radius 3 is 2.17 bits per heavy atom. The zero-order valence-corrected chi connectivity index (χ0v) is 8.71. The molecular formula is C10H13BrO. The van der Waals surface area contributed by atoms with Crippen LogP contribution in [0.1, 0.15) is 18.1 Å². The molecule has 1 N–H and O–H groups in total. The molecule has 0 saturated heterocycles. The Labute approximate surface area is 81.6 Å². The summed E-state index contributed by atoms with van der Waals surface area (Å²) in [6.45, 7) is 1.80. The minimum absolute atomic E-state index is 0.250. The molecule has 0 bridgehead atoms. The van der Waals surface area contributed by atoms with E-state index in [0.717, 1.165) is 11.8 Å². The third kappa shape index (κ3) is 2.95. The van der Waals surface area contributed by atoms with Crippen LogP contribution in [0.15, 0.2) is 24.3 Å². The van der Waals surface area contributed by atoms with Crippen LogP contribution in [0.2, 0.25) is 0 Å². The van der Waals surface area contributed by atoms with Crippen molar-refractivity contribution in [3.05, 3.63) is 35.4 Å². The molecule has 66 valence electrons. The molecule has 0 heterocycles. The van der Waals surface area contributed by atoms with Crippen molar-refractivity contribution in [2.75, 3.05) is 0 Å². The van der Waals surface area contributed by atoms with Crippen molar-refractivity contribution in [2.24, 2.45) is 0 Å². The third-order valence-corrected chi connectivity index (χ3v) is 2.36. The molecule has 0 aliphatic heterocycles. The first-order chi connectivity index (χ1) is 5.72. The van der Waals surface area contributed by atoms with E-state index in [-0.39, 0.29) is 6.10 Å². The summed E-state index contributed by atoms with van der Waals surface area (Å²) in [5, 5.41) is 10.0. The fraction of sp³-hybridized carbons (Fsp3) is 0.400. The van der Waals surface area contributed by atoms with Crippen molar-refractivity contribution >= 4 is 15.9 Å². The van der Waals surface area contributed by atoms with E-state index in [9.17, 15) is 0 Å². The molecule has 0 aromatic heterocycles. The summed E-state index contributed by atoms with van der Waals surface area (Å²) in [5.41, 5.74) is 2.46. The summed E-state index contributed by atoms with van der Waals surface area (Å²) in [6.07, 6.45) is 0.488. The minimum atomic E-state index is -0.250. The number of aliphatic hydroxyl groups is 1. The minimum Gasteiger partial charge on any atom is -0.393 e. The van der Waals surface area contributed by atoms with E-state index in [0.29, 0.717) is 0 Å². The van der Waals surface area contributed by atoms with Crippen LogP contribution in [0, 0.1) is 0 Å². The van der Waals surface area contributed by atoms with Crippen molar-refractivity contribution in [3.8, 4) is 0 Å². The summed E-state index contributed by atoms with van der Waals surface area (Å²) in [5.74, 6) is 0. The molecule has 1 aromatic carbocycles. The maximum Gasteiger partial charge on any atom is 0.0552 e. The number of hydrogen-bond acceptors (Lipinski definition) is 1. The molecular weight excluding hydrogens is 216 g/mol. The molecule has 12 heavy (non-hydrogen) atoms. The standard InChI is InChI=1S/C10H13BrO/c1-8(12)6-9-2-4-10(7-11)5-3-9/h2-5,8,12H,6-7H2,1H3. The monoisotopic (exact) mass is 228 g/mol. The van der Waals surface area contributed by atoms with E-state index in [1.807, 2.05) is 0 Å². The largest absolute Gasteiger partial charge is 0.393 e. The molecule has 0 aliphatic carbocycles. The Bertz CT molecular complexity index is 228. The van der Waals surface area contributed by atoms with Gasteiger partial charge in [-0.3, -0.25) is 0 Å². The molecule has 1 nitrogen and oxygen atoms in total. The highest BCUT2D eigenvalue weighted by molar-refractivity contribution is 9.08. The molecule has 2 heteroatoms. The zero-order chi connectivity index (χ0) is 8.97. The average Bonchev–Trinajstić information content (AvgIpc) is 2.05. The molecule has 0 fully saturated rings. The first-order valence-electron chi connectivity index (χ1n) is 4.04. The van der Waals surface area contributed by atoms with Gasteiger partial charge in [0.25, 0.3) is 0 Å². The summed E-state index contributed by atoms with van der Waals surface area (Å²) in [4.78, 5) is 0.